The fourth-order valence-corrected chi connectivity index (χ4v) is 5.54. The van der Waals surface area contributed by atoms with E-state index in [1.54, 1.807) is 0 Å². The number of hydrogen-bond acceptors (Lipinski definition) is 8. The fraction of sp³-hybridized carbons (Fsp3) is 0.621. The summed E-state index contributed by atoms with van der Waals surface area (Å²) in [7, 11) is 0. The van der Waals surface area contributed by atoms with Crippen molar-refractivity contribution >= 4 is 42.4 Å². The van der Waals surface area contributed by atoms with E-state index in [1.165, 1.54) is 4.90 Å². The summed E-state index contributed by atoms with van der Waals surface area (Å²) < 4.78 is 5.28. The van der Waals surface area contributed by atoms with E-state index >= 15 is 0 Å². The predicted molar refractivity (Wildman–Crippen MR) is 156 cm³/mol. The number of carbonyl (C=O) groups is 5. The van der Waals surface area contributed by atoms with Gasteiger partial charge in [0, 0.05) is 31.5 Å². The molecule has 0 aromatic heterocycles. The SMILES string of the molecule is CC(C)C[C@@H](C(=O)N[C@@H](C[C@@H]1CCNC1=O)[C@](O)(S)C(=O)NC1CC1)N1C[C@@H](NC(=O)OCc2ccccc2)CC1=O. The van der Waals surface area contributed by atoms with Crippen LogP contribution in [0, 0.1) is 11.8 Å². The number of carbonyl (C=O) groups excluding carboxylic acids is 5. The molecule has 13 heteroatoms. The van der Waals surface area contributed by atoms with Crippen molar-refractivity contribution in [2.45, 2.75) is 88.1 Å². The number of likely N-dealkylation sites (tertiary alicyclic amines) is 1. The second-order valence-corrected chi connectivity index (χ2v) is 12.5. The maximum absolute atomic E-state index is 13.8. The maximum atomic E-state index is 13.8. The van der Waals surface area contributed by atoms with E-state index in [0.717, 1.165) is 18.4 Å². The Morgan fingerprint density at radius 3 is 2.45 bits per heavy atom. The van der Waals surface area contributed by atoms with E-state index < -0.39 is 46.9 Å². The van der Waals surface area contributed by atoms with Crippen molar-refractivity contribution in [3.05, 3.63) is 35.9 Å². The number of alkyl carbamates (subject to hydrolysis) is 1. The van der Waals surface area contributed by atoms with Crippen molar-refractivity contribution in [1.82, 2.24) is 26.2 Å². The Bertz CT molecular complexity index is 1160. The third kappa shape index (κ3) is 8.37. The molecule has 1 aliphatic carbocycles. The van der Waals surface area contributed by atoms with Gasteiger partial charge in [0.15, 0.2) is 0 Å². The fourth-order valence-electron chi connectivity index (χ4n) is 5.31. The molecular weight excluding hydrogens is 562 g/mol. The monoisotopic (exact) mass is 603 g/mol. The van der Waals surface area contributed by atoms with Gasteiger partial charge in [-0.3, -0.25) is 19.2 Å². The average Bonchev–Trinajstić information content (AvgIpc) is 3.56. The molecule has 4 rings (SSSR count). The Morgan fingerprint density at radius 2 is 1.83 bits per heavy atom. The normalized spacial score (nSPS) is 23.1. The highest BCUT2D eigenvalue weighted by Gasteiger charge is 2.47. The van der Waals surface area contributed by atoms with Gasteiger partial charge in [-0.25, -0.2) is 4.79 Å². The van der Waals surface area contributed by atoms with Crippen LogP contribution in [0.15, 0.2) is 30.3 Å². The zero-order valence-electron chi connectivity index (χ0n) is 24.0. The summed E-state index contributed by atoms with van der Waals surface area (Å²) in [5.41, 5.74) is 0.824. The molecule has 5 atom stereocenters. The minimum Gasteiger partial charge on any atom is -0.445 e. The summed E-state index contributed by atoms with van der Waals surface area (Å²) in [4.78, 5) is 63.7. The van der Waals surface area contributed by atoms with Crippen LogP contribution >= 0.6 is 12.6 Å². The average molecular weight is 604 g/mol. The molecule has 0 radical (unpaired) electrons. The summed E-state index contributed by atoms with van der Waals surface area (Å²) >= 11 is 4.28. The first-order valence-corrected chi connectivity index (χ1v) is 15.0. The van der Waals surface area contributed by atoms with Gasteiger partial charge in [-0.15, -0.1) is 12.6 Å². The van der Waals surface area contributed by atoms with E-state index in [1.807, 2.05) is 44.2 Å². The molecule has 12 nitrogen and oxygen atoms in total. The zero-order valence-corrected chi connectivity index (χ0v) is 24.9. The van der Waals surface area contributed by atoms with Gasteiger partial charge >= 0.3 is 6.09 Å². The molecule has 1 aromatic carbocycles. The molecule has 2 heterocycles. The topological polar surface area (TPSA) is 166 Å². The van der Waals surface area contributed by atoms with Crippen molar-refractivity contribution in [2.75, 3.05) is 13.1 Å². The summed E-state index contributed by atoms with van der Waals surface area (Å²) in [6, 6.07) is 6.45. The van der Waals surface area contributed by atoms with Crippen LogP contribution in [0.4, 0.5) is 4.79 Å². The zero-order chi connectivity index (χ0) is 30.4. The van der Waals surface area contributed by atoms with Crippen molar-refractivity contribution in [3.8, 4) is 0 Å². The van der Waals surface area contributed by atoms with E-state index in [9.17, 15) is 29.1 Å². The summed E-state index contributed by atoms with van der Waals surface area (Å²) in [5, 5.41) is 22.2. The smallest absolute Gasteiger partial charge is 0.407 e. The Hall–Kier alpha value is -3.32. The molecule has 5 amide bonds. The Kier molecular flexibility index (Phi) is 10.4. The molecule has 2 aliphatic heterocycles. The number of ether oxygens (including phenoxy) is 1. The van der Waals surface area contributed by atoms with Crippen LogP contribution in [0.3, 0.4) is 0 Å². The molecule has 5 N–H and O–H groups in total. The van der Waals surface area contributed by atoms with Crippen LogP contribution in [0.5, 0.6) is 0 Å². The number of rotatable bonds is 13. The number of benzene rings is 1. The van der Waals surface area contributed by atoms with Crippen molar-refractivity contribution in [3.63, 3.8) is 0 Å². The van der Waals surface area contributed by atoms with E-state index in [2.05, 4.69) is 33.9 Å². The maximum Gasteiger partial charge on any atom is 0.407 e. The van der Waals surface area contributed by atoms with Crippen molar-refractivity contribution in [1.29, 1.82) is 0 Å². The summed E-state index contributed by atoms with van der Waals surface area (Å²) in [6.07, 6.45) is 1.70. The molecule has 1 saturated carbocycles. The molecule has 2 saturated heterocycles. The molecule has 1 aromatic rings. The molecule has 3 aliphatic rings. The number of hydrogen-bond donors (Lipinski definition) is 6. The first-order valence-electron chi connectivity index (χ1n) is 14.5. The summed E-state index contributed by atoms with van der Waals surface area (Å²) in [6.45, 7) is 4.46. The van der Waals surface area contributed by atoms with Gasteiger partial charge < -0.3 is 36.0 Å². The van der Waals surface area contributed by atoms with Crippen LogP contribution in [-0.2, 0) is 30.5 Å². The van der Waals surface area contributed by atoms with Crippen LogP contribution in [0.1, 0.15) is 57.9 Å². The Balaban J connectivity index is 1.43. The minimum atomic E-state index is -2.29. The third-order valence-electron chi connectivity index (χ3n) is 7.80. The van der Waals surface area contributed by atoms with E-state index in [4.69, 9.17) is 4.74 Å². The molecule has 0 spiro atoms. The lowest BCUT2D eigenvalue weighted by molar-refractivity contribution is -0.141. The first kappa shape index (κ1) is 31.6. The number of nitrogens with zero attached hydrogens (tertiary/aromatic N) is 1. The Labute approximate surface area is 251 Å². The van der Waals surface area contributed by atoms with E-state index in [-0.39, 0.29) is 49.8 Å². The molecular formula is C29H41N5O7S. The van der Waals surface area contributed by atoms with Gasteiger partial charge in [-0.2, -0.15) is 0 Å². The number of thiol groups is 1. The highest BCUT2D eigenvalue weighted by atomic mass is 32.1. The van der Waals surface area contributed by atoms with Gasteiger partial charge in [0.05, 0.1) is 12.1 Å². The first-order chi connectivity index (χ1) is 19.9. The highest BCUT2D eigenvalue weighted by Crippen LogP contribution is 2.29. The lowest BCUT2D eigenvalue weighted by Gasteiger charge is -2.35. The summed E-state index contributed by atoms with van der Waals surface area (Å²) in [5.74, 6) is -2.35. The van der Waals surface area contributed by atoms with Gasteiger partial charge in [-0.05, 0) is 43.6 Å². The molecule has 3 fully saturated rings. The minimum absolute atomic E-state index is 0.00452. The van der Waals surface area contributed by atoms with Gasteiger partial charge in [0.1, 0.15) is 12.6 Å². The quantitative estimate of drug-likeness (QED) is 0.144. The van der Waals surface area contributed by atoms with Crippen molar-refractivity contribution in [2.24, 2.45) is 11.8 Å². The lowest BCUT2D eigenvalue weighted by Crippen LogP contribution is -2.61. The third-order valence-corrected chi connectivity index (χ3v) is 8.31. The largest absolute Gasteiger partial charge is 0.445 e. The standard InChI is InChI=1S/C29H41N5O7S/c1-17(2)12-22(34-15-21(14-24(34)35)32-28(39)41-16-18-6-4-3-5-7-18)26(37)33-23(13-19-10-11-30-25(19)36)29(40,42)27(38)31-20-8-9-20/h3-7,17,19-23,40,42H,8-16H2,1-2H3,(H,30,36)(H,31,38)(H,32,39)(H,33,37)/t19-,21-,22-,23-,29-/m0/s1. The predicted octanol–water partition coefficient (Wildman–Crippen LogP) is 0.836. The molecule has 42 heavy (non-hydrogen) atoms. The molecule has 0 bridgehead atoms. The Morgan fingerprint density at radius 1 is 1.12 bits per heavy atom. The second kappa shape index (κ2) is 13.8. The van der Waals surface area contributed by atoms with Crippen LogP contribution in [-0.4, -0.2) is 81.9 Å². The number of nitrogens with one attached hydrogen (secondary N) is 4. The van der Waals surface area contributed by atoms with E-state index in [0.29, 0.717) is 19.4 Å². The molecule has 0 unspecified atom stereocenters. The van der Waals surface area contributed by atoms with Crippen molar-refractivity contribution < 1.29 is 33.8 Å². The van der Waals surface area contributed by atoms with Gasteiger partial charge in [0.2, 0.25) is 22.7 Å². The van der Waals surface area contributed by atoms with Gasteiger partial charge in [-0.1, -0.05) is 44.2 Å². The number of aliphatic hydroxyl groups is 1. The van der Waals surface area contributed by atoms with Crippen LogP contribution in [0.25, 0.3) is 0 Å². The van der Waals surface area contributed by atoms with Crippen LogP contribution in [0.2, 0.25) is 0 Å². The number of amides is 5. The second-order valence-electron chi connectivity index (χ2n) is 11.8. The lowest BCUT2D eigenvalue weighted by atomic mass is 9.93. The van der Waals surface area contributed by atoms with Crippen LogP contribution < -0.4 is 21.3 Å². The van der Waals surface area contributed by atoms with Gasteiger partial charge in [0.25, 0.3) is 5.91 Å². The molecule has 230 valence electrons. The highest BCUT2D eigenvalue weighted by molar-refractivity contribution is 7.82.